The van der Waals surface area contributed by atoms with Gasteiger partial charge < -0.3 is 0 Å². The Kier molecular flexibility index (Phi) is 2.31. The smallest absolute Gasteiger partial charge is 0.0749 e. The SMILES string of the molecule is CC1(c2ccccc2)c2ccccc2-c2ncccc21. The fourth-order valence-corrected chi connectivity index (χ4v) is 3.38. The highest BCUT2D eigenvalue weighted by Gasteiger charge is 2.40. The molecule has 1 heteroatoms. The fourth-order valence-electron chi connectivity index (χ4n) is 3.38. The summed E-state index contributed by atoms with van der Waals surface area (Å²) in [5, 5.41) is 0. The van der Waals surface area contributed by atoms with Crippen LogP contribution in [-0.2, 0) is 5.41 Å². The number of fused-ring (bicyclic) bond motifs is 3. The molecule has 1 heterocycles. The van der Waals surface area contributed by atoms with Crippen molar-refractivity contribution in [2.75, 3.05) is 0 Å². The Morgan fingerprint density at radius 2 is 1.45 bits per heavy atom. The van der Waals surface area contributed by atoms with Gasteiger partial charge in [-0.25, -0.2) is 0 Å². The number of aromatic nitrogens is 1. The van der Waals surface area contributed by atoms with E-state index in [9.17, 15) is 0 Å². The minimum absolute atomic E-state index is 0.110. The van der Waals surface area contributed by atoms with Crippen LogP contribution in [0.4, 0.5) is 0 Å². The quantitative estimate of drug-likeness (QED) is 0.629. The maximum absolute atomic E-state index is 4.62. The van der Waals surface area contributed by atoms with E-state index in [2.05, 4.69) is 72.6 Å². The molecule has 2 aromatic carbocycles. The Bertz CT molecular complexity index is 729. The lowest BCUT2D eigenvalue weighted by molar-refractivity contribution is 0.712. The van der Waals surface area contributed by atoms with Crippen LogP contribution in [0.3, 0.4) is 0 Å². The average Bonchev–Trinajstić information content (AvgIpc) is 2.80. The van der Waals surface area contributed by atoms with Crippen molar-refractivity contribution in [2.45, 2.75) is 12.3 Å². The summed E-state index contributed by atoms with van der Waals surface area (Å²) < 4.78 is 0. The van der Waals surface area contributed by atoms with Crippen molar-refractivity contribution in [1.29, 1.82) is 0 Å². The van der Waals surface area contributed by atoms with Crippen molar-refractivity contribution in [3.05, 3.63) is 89.6 Å². The first-order valence-corrected chi connectivity index (χ1v) is 6.93. The summed E-state index contributed by atoms with van der Waals surface area (Å²) in [6.07, 6.45) is 1.88. The van der Waals surface area contributed by atoms with Crippen LogP contribution in [0.15, 0.2) is 72.9 Å². The number of hydrogen-bond acceptors (Lipinski definition) is 1. The fraction of sp³-hybridized carbons (Fsp3) is 0.105. The van der Waals surface area contributed by atoms with E-state index >= 15 is 0 Å². The van der Waals surface area contributed by atoms with Crippen LogP contribution in [0.5, 0.6) is 0 Å². The topological polar surface area (TPSA) is 12.9 Å². The van der Waals surface area contributed by atoms with E-state index in [1.807, 2.05) is 12.3 Å². The molecular weight excluding hydrogens is 242 g/mol. The molecule has 20 heavy (non-hydrogen) atoms. The molecule has 0 radical (unpaired) electrons. The molecule has 1 aromatic heterocycles. The van der Waals surface area contributed by atoms with Crippen molar-refractivity contribution in [3.63, 3.8) is 0 Å². The zero-order valence-electron chi connectivity index (χ0n) is 11.4. The summed E-state index contributed by atoms with van der Waals surface area (Å²) >= 11 is 0. The lowest BCUT2D eigenvalue weighted by Gasteiger charge is -2.27. The number of benzene rings is 2. The Balaban J connectivity index is 2.10. The predicted molar refractivity (Wildman–Crippen MR) is 81.7 cm³/mol. The Morgan fingerprint density at radius 3 is 2.30 bits per heavy atom. The zero-order valence-corrected chi connectivity index (χ0v) is 11.4. The molecule has 1 aliphatic carbocycles. The van der Waals surface area contributed by atoms with Crippen molar-refractivity contribution >= 4 is 0 Å². The van der Waals surface area contributed by atoms with Gasteiger partial charge in [0.2, 0.25) is 0 Å². The summed E-state index contributed by atoms with van der Waals surface area (Å²) in [6.45, 7) is 2.30. The largest absolute Gasteiger partial charge is 0.256 e. The van der Waals surface area contributed by atoms with Crippen LogP contribution in [0, 0.1) is 0 Å². The summed E-state index contributed by atoms with van der Waals surface area (Å²) in [7, 11) is 0. The van der Waals surface area contributed by atoms with E-state index in [4.69, 9.17) is 0 Å². The van der Waals surface area contributed by atoms with Crippen LogP contribution in [0.25, 0.3) is 11.3 Å². The molecule has 1 atom stereocenters. The van der Waals surface area contributed by atoms with Gasteiger partial charge in [0.15, 0.2) is 0 Å². The first kappa shape index (κ1) is 11.4. The summed E-state index contributed by atoms with van der Waals surface area (Å²) in [5.74, 6) is 0. The number of rotatable bonds is 1. The lowest BCUT2D eigenvalue weighted by atomic mass is 9.74. The van der Waals surface area contributed by atoms with Gasteiger partial charge in [-0.15, -0.1) is 0 Å². The predicted octanol–water partition coefficient (Wildman–Crippen LogP) is 4.42. The molecule has 1 nitrogen and oxygen atoms in total. The maximum Gasteiger partial charge on any atom is 0.0749 e. The third kappa shape index (κ3) is 1.35. The van der Waals surface area contributed by atoms with Gasteiger partial charge in [-0.2, -0.15) is 0 Å². The van der Waals surface area contributed by atoms with E-state index in [1.165, 1.54) is 22.3 Å². The van der Waals surface area contributed by atoms with E-state index in [-0.39, 0.29) is 5.41 Å². The second kappa shape index (κ2) is 4.04. The zero-order chi connectivity index (χ0) is 13.6. The van der Waals surface area contributed by atoms with E-state index in [0.717, 1.165) is 5.69 Å². The molecule has 0 aliphatic heterocycles. The van der Waals surface area contributed by atoms with Gasteiger partial charge >= 0.3 is 0 Å². The Morgan fingerprint density at radius 1 is 0.750 bits per heavy atom. The molecule has 1 aliphatic rings. The second-order valence-corrected chi connectivity index (χ2v) is 5.44. The van der Waals surface area contributed by atoms with Crippen molar-refractivity contribution < 1.29 is 0 Å². The molecule has 0 fully saturated rings. The van der Waals surface area contributed by atoms with E-state index in [1.54, 1.807) is 0 Å². The molecule has 3 aromatic rings. The van der Waals surface area contributed by atoms with Gasteiger partial charge in [0.1, 0.15) is 0 Å². The minimum atomic E-state index is -0.110. The van der Waals surface area contributed by atoms with Crippen LogP contribution >= 0.6 is 0 Å². The third-order valence-electron chi connectivity index (χ3n) is 4.42. The maximum atomic E-state index is 4.62. The first-order valence-electron chi connectivity index (χ1n) is 6.93. The van der Waals surface area contributed by atoms with E-state index < -0.39 is 0 Å². The second-order valence-electron chi connectivity index (χ2n) is 5.44. The average molecular weight is 257 g/mol. The summed E-state index contributed by atoms with van der Waals surface area (Å²) in [4.78, 5) is 4.62. The normalized spacial score (nSPS) is 19.4. The highest BCUT2D eigenvalue weighted by molar-refractivity contribution is 5.80. The standard InChI is InChI=1S/C19H15N/c1-19(14-8-3-2-4-9-14)16-11-6-5-10-15(16)18-17(19)12-7-13-20-18/h2-13H,1H3. The number of nitrogens with zero attached hydrogens (tertiary/aromatic N) is 1. The van der Waals surface area contributed by atoms with Gasteiger partial charge in [0.05, 0.1) is 5.69 Å². The minimum Gasteiger partial charge on any atom is -0.256 e. The Labute approximate surface area is 118 Å². The van der Waals surface area contributed by atoms with Crippen molar-refractivity contribution in [3.8, 4) is 11.3 Å². The summed E-state index contributed by atoms with van der Waals surface area (Å²) in [5.41, 5.74) is 6.23. The highest BCUT2D eigenvalue weighted by Crippen LogP contribution is 2.50. The van der Waals surface area contributed by atoms with Crippen LogP contribution in [-0.4, -0.2) is 4.98 Å². The number of pyridine rings is 1. The molecule has 0 spiro atoms. The van der Waals surface area contributed by atoms with Crippen LogP contribution < -0.4 is 0 Å². The third-order valence-corrected chi connectivity index (χ3v) is 4.42. The first-order chi connectivity index (χ1) is 9.82. The van der Waals surface area contributed by atoms with Crippen molar-refractivity contribution in [1.82, 2.24) is 4.98 Å². The Hall–Kier alpha value is -2.41. The molecule has 0 saturated heterocycles. The molecule has 4 rings (SSSR count). The van der Waals surface area contributed by atoms with Gasteiger partial charge in [0.25, 0.3) is 0 Å². The van der Waals surface area contributed by atoms with Gasteiger partial charge in [-0.3, -0.25) is 4.98 Å². The molecular formula is C19H15N. The van der Waals surface area contributed by atoms with Crippen molar-refractivity contribution in [2.24, 2.45) is 0 Å². The van der Waals surface area contributed by atoms with Gasteiger partial charge in [-0.05, 0) is 29.7 Å². The van der Waals surface area contributed by atoms with Crippen LogP contribution in [0.1, 0.15) is 23.6 Å². The lowest BCUT2D eigenvalue weighted by Crippen LogP contribution is -2.22. The number of hydrogen-bond donors (Lipinski definition) is 0. The van der Waals surface area contributed by atoms with Gasteiger partial charge in [-0.1, -0.05) is 60.7 Å². The highest BCUT2D eigenvalue weighted by atomic mass is 14.7. The molecule has 0 saturated carbocycles. The van der Waals surface area contributed by atoms with E-state index in [0.29, 0.717) is 0 Å². The molecule has 96 valence electrons. The molecule has 0 bridgehead atoms. The van der Waals surface area contributed by atoms with Gasteiger partial charge in [0, 0.05) is 17.2 Å². The molecule has 0 N–H and O–H groups in total. The molecule has 0 amide bonds. The van der Waals surface area contributed by atoms with Crippen LogP contribution in [0.2, 0.25) is 0 Å². The molecule has 1 unspecified atom stereocenters. The summed E-state index contributed by atoms with van der Waals surface area (Å²) in [6, 6.07) is 23.5. The monoisotopic (exact) mass is 257 g/mol.